The van der Waals surface area contributed by atoms with Crippen molar-refractivity contribution >= 4 is 16.9 Å². The molecule has 0 saturated carbocycles. The summed E-state index contributed by atoms with van der Waals surface area (Å²) in [4.78, 5) is 27.6. The van der Waals surface area contributed by atoms with Crippen LogP contribution in [0.5, 0.6) is 5.75 Å². The van der Waals surface area contributed by atoms with E-state index in [2.05, 4.69) is 4.98 Å². The molecule has 0 aliphatic rings. The number of aromatic nitrogens is 3. The van der Waals surface area contributed by atoms with Crippen molar-refractivity contribution in [1.29, 1.82) is 0 Å². The van der Waals surface area contributed by atoms with Crippen LogP contribution in [0.1, 0.15) is 17.3 Å². The molecule has 0 aliphatic heterocycles. The number of pyridine rings is 1. The summed E-state index contributed by atoms with van der Waals surface area (Å²) >= 11 is 0. The fraction of sp³-hybridized carbons (Fsp3) is 0.188. The first-order valence-corrected chi connectivity index (χ1v) is 7.14. The molecule has 0 atom stereocenters. The number of carboxylic acids is 1. The molecule has 0 aliphatic carbocycles. The first kappa shape index (κ1) is 15.7. The molecular formula is C16H14FN3O4. The summed E-state index contributed by atoms with van der Waals surface area (Å²) in [6.45, 7) is 2.16. The average Bonchev–Trinajstić information content (AvgIpc) is 3.08. The van der Waals surface area contributed by atoms with Gasteiger partial charge in [0.05, 0.1) is 24.3 Å². The summed E-state index contributed by atoms with van der Waals surface area (Å²) in [6, 6.07) is 1.04. The van der Waals surface area contributed by atoms with Crippen LogP contribution in [0, 0.1) is 5.82 Å². The number of hydrogen-bond acceptors (Lipinski definition) is 4. The van der Waals surface area contributed by atoms with Crippen molar-refractivity contribution in [2.24, 2.45) is 0 Å². The van der Waals surface area contributed by atoms with Crippen LogP contribution >= 0.6 is 0 Å². The SMILES string of the molecule is CCn1cc(C(=O)O)c(=O)c2cc(F)c(-n3ccnc3)c(OC)c21. The zero-order chi connectivity index (χ0) is 17.4. The van der Waals surface area contributed by atoms with Gasteiger partial charge in [0.25, 0.3) is 0 Å². The van der Waals surface area contributed by atoms with E-state index >= 15 is 0 Å². The molecule has 0 unspecified atom stereocenters. The second-order valence-electron chi connectivity index (χ2n) is 5.07. The van der Waals surface area contributed by atoms with Crippen LogP contribution < -0.4 is 10.2 Å². The third-order valence-electron chi connectivity index (χ3n) is 3.78. The van der Waals surface area contributed by atoms with Crippen LogP contribution in [-0.2, 0) is 6.54 Å². The molecule has 2 aromatic heterocycles. The van der Waals surface area contributed by atoms with Gasteiger partial charge in [-0.05, 0) is 13.0 Å². The van der Waals surface area contributed by atoms with Gasteiger partial charge in [0.2, 0.25) is 5.43 Å². The van der Waals surface area contributed by atoms with Crippen LogP contribution in [-0.4, -0.2) is 32.3 Å². The number of rotatable bonds is 4. The van der Waals surface area contributed by atoms with Crippen LogP contribution in [0.15, 0.2) is 35.8 Å². The van der Waals surface area contributed by atoms with E-state index in [-0.39, 0.29) is 16.8 Å². The van der Waals surface area contributed by atoms with Crippen molar-refractivity contribution in [1.82, 2.24) is 14.1 Å². The number of ether oxygens (including phenoxy) is 1. The van der Waals surface area contributed by atoms with Crippen LogP contribution in [0.25, 0.3) is 16.6 Å². The number of hydrogen-bond donors (Lipinski definition) is 1. The Kier molecular flexibility index (Phi) is 3.80. The molecule has 0 amide bonds. The first-order valence-electron chi connectivity index (χ1n) is 7.14. The molecule has 3 rings (SSSR count). The number of carbonyl (C=O) groups is 1. The van der Waals surface area contributed by atoms with E-state index in [1.54, 1.807) is 17.7 Å². The second-order valence-corrected chi connectivity index (χ2v) is 5.07. The number of imidazole rings is 1. The van der Waals surface area contributed by atoms with Gasteiger partial charge in [-0.15, -0.1) is 0 Å². The molecule has 0 saturated heterocycles. The summed E-state index contributed by atoms with van der Waals surface area (Å²) in [5, 5.41) is 9.15. The van der Waals surface area contributed by atoms with Crippen LogP contribution in [0.4, 0.5) is 4.39 Å². The lowest BCUT2D eigenvalue weighted by Crippen LogP contribution is -2.20. The Morgan fingerprint density at radius 2 is 2.21 bits per heavy atom. The molecule has 1 N–H and O–H groups in total. The third-order valence-corrected chi connectivity index (χ3v) is 3.78. The zero-order valence-electron chi connectivity index (χ0n) is 13.0. The molecule has 24 heavy (non-hydrogen) atoms. The third kappa shape index (κ3) is 2.23. The molecule has 8 heteroatoms. The Labute approximate surface area is 135 Å². The number of aryl methyl sites for hydroxylation is 1. The van der Waals surface area contributed by atoms with E-state index in [1.807, 2.05) is 0 Å². The number of carboxylic acid groups (broad SMARTS) is 1. The predicted molar refractivity (Wildman–Crippen MR) is 84.5 cm³/mol. The topological polar surface area (TPSA) is 86.4 Å². The fourth-order valence-corrected chi connectivity index (χ4v) is 2.72. The number of methoxy groups -OCH3 is 1. The maximum absolute atomic E-state index is 14.7. The lowest BCUT2D eigenvalue weighted by Gasteiger charge is -2.17. The van der Waals surface area contributed by atoms with E-state index in [0.29, 0.717) is 12.1 Å². The average molecular weight is 331 g/mol. The molecule has 2 heterocycles. The van der Waals surface area contributed by atoms with Crippen molar-refractivity contribution < 1.29 is 19.0 Å². The van der Waals surface area contributed by atoms with E-state index in [9.17, 15) is 19.1 Å². The normalized spacial score (nSPS) is 11.0. The van der Waals surface area contributed by atoms with Crippen LogP contribution in [0.2, 0.25) is 0 Å². The zero-order valence-corrected chi connectivity index (χ0v) is 13.0. The van der Waals surface area contributed by atoms with E-state index in [4.69, 9.17) is 4.74 Å². The minimum absolute atomic E-state index is 0.0463. The lowest BCUT2D eigenvalue weighted by atomic mass is 10.1. The quantitative estimate of drug-likeness (QED) is 0.791. The summed E-state index contributed by atoms with van der Waals surface area (Å²) < 4.78 is 23.0. The van der Waals surface area contributed by atoms with Crippen molar-refractivity contribution in [3.8, 4) is 11.4 Å². The highest BCUT2D eigenvalue weighted by atomic mass is 19.1. The number of benzene rings is 1. The van der Waals surface area contributed by atoms with E-state index < -0.39 is 22.8 Å². The van der Waals surface area contributed by atoms with Gasteiger partial charge >= 0.3 is 5.97 Å². The molecule has 124 valence electrons. The smallest absolute Gasteiger partial charge is 0.341 e. The molecule has 0 fully saturated rings. The number of nitrogens with zero attached hydrogens (tertiary/aromatic N) is 3. The van der Waals surface area contributed by atoms with Gasteiger partial charge < -0.3 is 19.0 Å². The molecule has 0 spiro atoms. The van der Waals surface area contributed by atoms with Crippen molar-refractivity contribution in [3.63, 3.8) is 0 Å². The molecule has 7 nitrogen and oxygen atoms in total. The highest BCUT2D eigenvalue weighted by Crippen LogP contribution is 2.33. The second kappa shape index (κ2) is 5.80. The molecule has 3 aromatic rings. The fourth-order valence-electron chi connectivity index (χ4n) is 2.72. The first-order chi connectivity index (χ1) is 11.5. The Morgan fingerprint density at radius 1 is 1.46 bits per heavy atom. The van der Waals surface area contributed by atoms with Crippen molar-refractivity contribution in [2.75, 3.05) is 7.11 Å². The van der Waals surface area contributed by atoms with E-state index in [1.165, 1.54) is 30.4 Å². The minimum atomic E-state index is -1.36. The largest absolute Gasteiger partial charge is 0.492 e. The van der Waals surface area contributed by atoms with Gasteiger partial charge in [-0.1, -0.05) is 0 Å². The molecule has 0 bridgehead atoms. The summed E-state index contributed by atoms with van der Waals surface area (Å²) in [6.07, 6.45) is 5.69. The van der Waals surface area contributed by atoms with Crippen molar-refractivity contribution in [3.05, 3.63) is 52.6 Å². The lowest BCUT2D eigenvalue weighted by molar-refractivity contribution is 0.0695. The monoisotopic (exact) mass is 331 g/mol. The van der Waals surface area contributed by atoms with Crippen molar-refractivity contribution in [2.45, 2.75) is 13.5 Å². The summed E-state index contributed by atoms with van der Waals surface area (Å²) in [5.74, 6) is -1.93. The highest BCUT2D eigenvalue weighted by Gasteiger charge is 2.22. The van der Waals surface area contributed by atoms with Gasteiger partial charge in [-0.25, -0.2) is 14.2 Å². The van der Waals surface area contributed by atoms with Gasteiger partial charge in [-0.2, -0.15) is 0 Å². The van der Waals surface area contributed by atoms with Gasteiger partial charge in [0, 0.05) is 25.1 Å². The molecular weight excluding hydrogens is 317 g/mol. The summed E-state index contributed by atoms with van der Waals surface area (Å²) in [5.41, 5.74) is -0.731. The van der Waals surface area contributed by atoms with Gasteiger partial charge in [-0.3, -0.25) is 4.79 Å². The minimum Gasteiger partial charge on any atom is -0.492 e. The Balaban J connectivity index is 2.53. The summed E-state index contributed by atoms with van der Waals surface area (Å²) in [7, 11) is 1.37. The molecule has 0 radical (unpaired) electrons. The highest BCUT2D eigenvalue weighted by molar-refractivity contribution is 5.95. The van der Waals surface area contributed by atoms with Crippen LogP contribution in [0.3, 0.4) is 0 Å². The maximum atomic E-state index is 14.7. The standard InChI is InChI=1S/C16H14FN3O4/c1-3-19-7-10(16(22)23)14(21)9-6-11(17)13(15(24-2)12(9)19)20-5-4-18-8-20/h4-8H,3H2,1-2H3,(H,22,23). The predicted octanol–water partition coefficient (Wildman–Crippen LogP) is 2.05. The number of halogens is 1. The Hall–Kier alpha value is -3.16. The Morgan fingerprint density at radius 3 is 2.75 bits per heavy atom. The maximum Gasteiger partial charge on any atom is 0.341 e. The van der Waals surface area contributed by atoms with E-state index in [0.717, 1.165) is 6.07 Å². The Bertz CT molecular complexity index is 993. The molecule has 1 aromatic carbocycles. The van der Waals surface area contributed by atoms with Gasteiger partial charge in [0.15, 0.2) is 11.6 Å². The number of fused-ring (bicyclic) bond motifs is 1. The number of aromatic carboxylic acids is 1. The van der Waals surface area contributed by atoms with Gasteiger partial charge in [0.1, 0.15) is 11.3 Å².